The lowest BCUT2D eigenvalue weighted by atomic mass is 10.2. The maximum Gasteiger partial charge on any atom is 0.225 e. The molecule has 3 rings (SSSR count). The van der Waals surface area contributed by atoms with Gasteiger partial charge in [-0.1, -0.05) is 13.3 Å². The maximum atomic E-state index is 9.71. The van der Waals surface area contributed by atoms with Crippen molar-refractivity contribution in [1.82, 2.24) is 15.0 Å². The number of ether oxygens (including phenoxy) is 3. The molecule has 0 aliphatic rings. The molecular weight excluding hydrogens is 398 g/mol. The molecule has 31 heavy (non-hydrogen) atoms. The monoisotopic (exact) mass is 427 g/mol. The molecule has 0 spiro atoms. The fourth-order valence-electron chi connectivity index (χ4n) is 3.21. The number of hydrogen-bond acceptors (Lipinski definition) is 9. The smallest absolute Gasteiger partial charge is 0.225 e. The molecular formula is C22H29N5O4. The van der Waals surface area contributed by atoms with Gasteiger partial charge in [0, 0.05) is 24.2 Å². The number of nitrogens with zero attached hydrogens (tertiary/aromatic N) is 3. The van der Waals surface area contributed by atoms with E-state index in [4.69, 9.17) is 14.2 Å². The number of rotatable bonds is 11. The summed E-state index contributed by atoms with van der Waals surface area (Å²) in [5.41, 5.74) is 2.18. The number of aliphatic hydroxyl groups is 1. The molecule has 0 aliphatic heterocycles. The van der Waals surface area contributed by atoms with Gasteiger partial charge in [-0.25, -0.2) is 9.97 Å². The van der Waals surface area contributed by atoms with Crippen LogP contribution in [0.2, 0.25) is 0 Å². The highest BCUT2D eigenvalue weighted by atomic mass is 16.5. The fraction of sp³-hybridized carbons (Fsp3) is 0.409. The summed E-state index contributed by atoms with van der Waals surface area (Å²) in [7, 11) is 4.82. The molecule has 1 unspecified atom stereocenters. The first-order valence-corrected chi connectivity index (χ1v) is 10.2. The van der Waals surface area contributed by atoms with Crippen molar-refractivity contribution in [2.24, 2.45) is 0 Å². The van der Waals surface area contributed by atoms with Crippen molar-refractivity contribution in [3.8, 4) is 17.2 Å². The zero-order chi connectivity index (χ0) is 22.2. The Bertz CT molecular complexity index is 1010. The first-order chi connectivity index (χ1) is 15.1. The van der Waals surface area contributed by atoms with Crippen LogP contribution in [-0.2, 0) is 6.54 Å². The Hall–Kier alpha value is -3.33. The second-order valence-electron chi connectivity index (χ2n) is 6.98. The Morgan fingerprint density at radius 2 is 1.84 bits per heavy atom. The largest absolute Gasteiger partial charge is 0.497 e. The standard InChI is InChI=1S/C22H29N5O4/c1-5-6-15(13-28)25-21-20-18(9-17(30-3)12-23-20)26-22(27-21)24-11-14-7-8-16(29-2)10-19(14)31-4/h7-10,12,15,28H,5-6,11,13H2,1-4H3,(H2,24,25,26,27). The van der Waals surface area contributed by atoms with Gasteiger partial charge in [0.05, 0.1) is 40.2 Å². The van der Waals surface area contributed by atoms with E-state index in [0.717, 1.165) is 24.2 Å². The molecule has 0 saturated heterocycles. The van der Waals surface area contributed by atoms with Crippen LogP contribution in [0.5, 0.6) is 17.2 Å². The van der Waals surface area contributed by atoms with Crippen LogP contribution >= 0.6 is 0 Å². The number of methoxy groups -OCH3 is 3. The Balaban J connectivity index is 1.92. The number of aromatic nitrogens is 3. The summed E-state index contributed by atoms with van der Waals surface area (Å²) in [5.74, 6) is 3.02. The van der Waals surface area contributed by atoms with Gasteiger partial charge < -0.3 is 30.0 Å². The summed E-state index contributed by atoms with van der Waals surface area (Å²) in [4.78, 5) is 13.7. The van der Waals surface area contributed by atoms with Crippen molar-refractivity contribution in [2.75, 3.05) is 38.6 Å². The molecule has 0 amide bonds. The Labute approximate surface area is 181 Å². The normalized spacial score (nSPS) is 11.8. The third-order valence-corrected chi connectivity index (χ3v) is 4.88. The van der Waals surface area contributed by atoms with Crippen LogP contribution in [0, 0.1) is 0 Å². The molecule has 3 N–H and O–H groups in total. The van der Waals surface area contributed by atoms with Gasteiger partial charge >= 0.3 is 0 Å². The second-order valence-corrected chi connectivity index (χ2v) is 6.98. The van der Waals surface area contributed by atoms with Crippen molar-refractivity contribution in [2.45, 2.75) is 32.4 Å². The Kier molecular flexibility index (Phi) is 7.66. The molecule has 0 fully saturated rings. The molecule has 2 heterocycles. The number of fused-ring (bicyclic) bond motifs is 1. The summed E-state index contributed by atoms with van der Waals surface area (Å²) in [5, 5.41) is 16.3. The third-order valence-electron chi connectivity index (χ3n) is 4.88. The van der Waals surface area contributed by atoms with E-state index in [9.17, 15) is 5.11 Å². The first kappa shape index (κ1) is 22.4. The second kappa shape index (κ2) is 10.6. The average Bonchev–Trinajstić information content (AvgIpc) is 2.81. The molecule has 0 radical (unpaired) electrons. The molecule has 0 saturated carbocycles. The number of pyridine rings is 1. The van der Waals surface area contributed by atoms with Crippen LogP contribution in [0.25, 0.3) is 11.0 Å². The van der Waals surface area contributed by atoms with Crippen LogP contribution in [0.15, 0.2) is 30.5 Å². The highest BCUT2D eigenvalue weighted by Crippen LogP contribution is 2.27. The van der Waals surface area contributed by atoms with E-state index in [1.54, 1.807) is 27.5 Å². The van der Waals surface area contributed by atoms with E-state index in [2.05, 4.69) is 32.5 Å². The van der Waals surface area contributed by atoms with Gasteiger partial charge in [0.2, 0.25) is 5.95 Å². The molecule has 2 aromatic heterocycles. The lowest BCUT2D eigenvalue weighted by Gasteiger charge is -2.18. The SMILES string of the molecule is CCCC(CO)Nc1nc(NCc2ccc(OC)cc2OC)nc2cc(OC)cnc12. The van der Waals surface area contributed by atoms with Gasteiger partial charge in [0.1, 0.15) is 28.3 Å². The van der Waals surface area contributed by atoms with Gasteiger partial charge in [-0.05, 0) is 18.6 Å². The predicted molar refractivity (Wildman–Crippen MR) is 120 cm³/mol. The minimum atomic E-state index is -0.124. The number of anilines is 2. The minimum Gasteiger partial charge on any atom is -0.497 e. The topological polar surface area (TPSA) is 111 Å². The Morgan fingerprint density at radius 1 is 1.03 bits per heavy atom. The Morgan fingerprint density at radius 3 is 2.52 bits per heavy atom. The van der Waals surface area contributed by atoms with E-state index in [-0.39, 0.29) is 12.6 Å². The van der Waals surface area contributed by atoms with E-state index >= 15 is 0 Å². The zero-order valence-electron chi connectivity index (χ0n) is 18.3. The molecule has 9 heteroatoms. The van der Waals surface area contributed by atoms with Crippen LogP contribution in [0.4, 0.5) is 11.8 Å². The van der Waals surface area contributed by atoms with Crippen LogP contribution in [-0.4, -0.2) is 54.0 Å². The highest BCUT2D eigenvalue weighted by molar-refractivity contribution is 5.87. The molecule has 3 aromatic rings. The number of aliphatic hydroxyl groups excluding tert-OH is 1. The van der Waals surface area contributed by atoms with Crippen molar-refractivity contribution in [3.05, 3.63) is 36.0 Å². The van der Waals surface area contributed by atoms with E-state index in [1.807, 2.05) is 24.3 Å². The minimum absolute atomic E-state index is 0.00129. The fourth-order valence-corrected chi connectivity index (χ4v) is 3.21. The molecule has 9 nitrogen and oxygen atoms in total. The molecule has 1 aromatic carbocycles. The van der Waals surface area contributed by atoms with Gasteiger partial charge in [0.25, 0.3) is 0 Å². The number of nitrogens with one attached hydrogen (secondary N) is 2. The quantitative estimate of drug-likeness (QED) is 0.425. The van der Waals surface area contributed by atoms with E-state index < -0.39 is 0 Å². The van der Waals surface area contributed by atoms with Crippen molar-refractivity contribution in [3.63, 3.8) is 0 Å². The first-order valence-electron chi connectivity index (χ1n) is 10.2. The average molecular weight is 428 g/mol. The summed E-state index contributed by atoms with van der Waals surface area (Å²) in [6.07, 6.45) is 3.37. The van der Waals surface area contributed by atoms with Gasteiger partial charge in [-0.3, -0.25) is 0 Å². The van der Waals surface area contributed by atoms with Crippen molar-refractivity contribution < 1.29 is 19.3 Å². The van der Waals surface area contributed by atoms with Gasteiger partial charge in [0.15, 0.2) is 5.82 Å². The highest BCUT2D eigenvalue weighted by Gasteiger charge is 2.15. The summed E-state index contributed by atoms with van der Waals surface area (Å²) >= 11 is 0. The lowest BCUT2D eigenvalue weighted by molar-refractivity contribution is 0.268. The van der Waals surface area contributed by atoms with Crippen LogP contribution in [0.3, 0.4) is 0 Å². The van der Waals surface area contributed by atoms with Gasteiger partial charge in [-0.2, -0.15) is 4.98 Å². The molecule has 166 valence electrons. The van der Waals surface area contributed by atoms with Gasteiger partial charge in [-0.15, -0.1) is 0 Å². The number of benzene rings is 1. The van der Waals surface area contributed by atoms with Crippen LogP contribution < -0.4 is 24.8 Å². The van der Waals surface area contributed by atoms with E-state index in [1.165, 1.54) is 0 Å². The summed E-state index contributed by atoms with van der Waals surface area (Å²) in [6, 6.07) is 7.32. The summed E-state index contributed by atoms with van der Waals surface area (Å²) < 4.78 is 16.0. The molecule has 0 bridgehead atoms. The third kappa shape index (κ3) is 5.43. The van der Waals surface area contributed by atoms with Crippen molar-refractivity contribution in [1.29, 1.82) is 0 Å². The number of hydrogen-bond donors (Lipinski definition) is 3. The molecule has 1 atom stereocenters. The predicted octanol–water partition coefficient (Wildman–Crippen LogP) is 3.24. The zero-order valence-corrected chi connectivity index (χ0v) is 18.3. The summed E-state index contributed by atoms with van der Waals surface area (Å²) in [6.45, 7) is 2.52. The maximum absolute atomic E-state index is 9.71. The lowest BCUT2D eigenvalue weighted by Crippen LogP contribution is -2.24. The van der Waals surface area contributed by atoms with Crippen LogP contribution in [0.1, 0.15) is 25.3 Å². The van der Waals surface area contributed by atoms with E-state index in [0.29, 0.717) is 40.8 Å². The molecule has 0 aliphatic carbocycles. The van der Waals surface area contributed by atoms with Crippen molar-refractivity contribution >= 4 is 22.8 Å².